The number of hydrogen-bond donors (Lipinski definition) is 0. The Labute approximate surface area is 128 Å². The van der Waals surface area contributed by atoms with Crippen LogP contribution in [0.3, 0.4) is 0 Å². The molecule has 1 saturated heterocycles. The Morgan fingerprint density at radius 1 is 1.09 bits per heavy atom. The highest BCUT2D eigenvalue weighted by molar-refractivity contribution is 5.84. The average molecular weight is 306 g/mol. The first kappa shape index (κ1) is 15.0. The molecule has 22 heavy (non-hydrogen) atoms. The van der Waals surface area contributed by atoms with E-state index in [4.69, 9.17) is 18.9 Å². The Balaban J connectivity index is 2.16. The minimum atomic E-state index is -1.28. The molecular formula is C16H18O6. The molecule has 0 amide bonds. The topological polar surface area (TPSA) is 71.1 Å². The molecule has 1 aliphatic carbocycles. The first-order valence-corrected chi connectivity index (χ1v) is 7.16. The number of carbonyl (C=O) groups excluding carboxylic acids is 2. The van der Waals surface area contributed by atoms with Crippen molar-refractivity contribution in [1.29, 1.82) is 0 Å². The van der Waals surface area contributed by atoms with Gasteiger partial charge in [-0.25, -0.2) is 0 Å². The summed E-state index contributed by atoms with van der Waals surface area (Å²) in [4.78, 5) is 24.6. The second kappa shape index (κ2) is 5.70. The number of benzene rings is 1. The summed E-state index contributed by atoms with van der Waals surface area (Å²) >= 11 is 0. The smallest absolute Gasteiger partial charge is 0.315 e. The van der Waals surface area contributed by atoms with Gasteiger partial charge in [-0.1, -0.05) is 24.3 Å². The maximum absolute atomic E-state index is 12.4. The van der Waals surface area contributed by atoms with Gasteiger partial charge in [-0.15, -0.1) is 0 Å². The molecule has 3 rings (SSSR count). The lowest BCUT2D eigenvalue weighted by atomic mass is 9.71. The normalized spacial score (nSPS) is 25.5. The van der Waals surface area contributed by atoms with E-state index >= 15 is 0 Å². The van der Waals surface area contributed by atoms with E-state index in [0.29, 0.717) is 19.6 Å². The molecule has 6 heteroatoms. The summed E-state index contributed by atoms with van der Waals surface area (Å²) < 4.78 is 21.5. The lowest BCUT2D eigenvalue weighted by molar-refractivity contribution is -0.232. The monoisotopic (exact) mass is 306 g/mol. The predicted molar refractivity (Wildman–Crippen MR) is 74.7 cm³/mol. The van der Waals surface area contributed by atoms with Crippen molar-refractivity contribution in [2.75, 3.05) is 27.4 Å². The van der Waals surface area contributed by atoms with Crippen LogP contribution < -0.4 is 0 Å². The summed E-state index contributed by atoms with van der Waals surface area (Å²) in [5.41, 5.74) is 1.70. The molecule has 0 radical (unpaired) electrons. The number of hydrogen-bond acceptors (Lipinski definition) is 6. The number of carbonyl (C=O) groups is 2. The molecule has 2 atom stereocenters. The van der Waals surface area contributed by atoms with Crippen LogP contribution in [0.5, 0.6) is 0 Å². The molecule has 0 saturated carbocycles. The first-order valence-electron chi connectivity index (χ1n) is 7.16. The maximum atomic E-state index is 12.4. The van der Waals surface area contributed by atoms with Crippen LogP contribution in [-0.2, 0) is 40.7 Å². The molecule has 1 aromatic carbocycles. The van der Waals surface area contributed by atoms with Gasteiger partial charge in [0.15, 0.2) is 0 Å². The zero-order chi connectivity index (χ0) is 15.7. The second-order valence-electron chi connectivity index (χ2n) is 5.36. The molecular weight excluding hydrogens is 288 g/mol. The minimum Gasteiger partial charge on any atom is -0.469 e. The van der Waals surface area contributed by atoms with Crippen molar-refractivity contribution in [1.82, 2.24) is 0 Å². The summed E-state index contributed by atoms with van der Waals surface area (Å²) in [6.07, 6.45) is 0.386. The Kier molecular flexibility index (Phi) is 3.88. The van der Waals surface area contributed by atoms with Crippen LogP contribution >= 0.6 is 0 Å². The predicted octanol–water partition coefficient (Wildman–Crippen LogP) is 1.02. The number of methoxy groups -OCH3 is 2. The average Bonchev–Trinajstić information content (AvgIpc) is 3.03. The van der Waals surface area contributed by atoms with Crippen LogP contribution in [0.4, 0.5) is 0 Å². The summed E-state index contributed by atoms with van der Waals surface area (Å²) in [6.45, 7) is 0.714. The summed E-state index contributed by atoms with van der Waals surface area (Å²) in [6, 6.07) is 7.52. The maximum Gasteiger partial charge on any atom is 0.315 e. The first-order chi connectivity index (χ1) is 10.6. The zero-order valence-electron chi connectivity index (χ0n) is 12.5. The van der Waals surface area contributed by atoms with Crippen LogP contribution in [0, 0.1) is 11.8 Å². The van der Waals surface area contributed by atoms with E-state index < -0.39 is 29.6 Å². The highest BCUT2D eigenvalue weighted by atomic mass is 16.7. The third-order valence-electron chi connectivity index (χ3n) is 4.32. The van der Waals surface area contributed by atoms with Crippen molar-refractivity contribution in [2.45, 2.75) is 12.2 Å². The standard InChI is InChI=1S/C16H18O6/c1-19-14(17)11-9-10-5-3-4-6-12(10)16(21-7-8-22-16)13(11)15(18)20-2/h3-6,11,13H,7-9H2,1-2H3. The van der Waals surface area contributed by atoms with Gasteiger partial charge in [-0.2, -0.15) is 0 Å². The highest BCUT2D eigenvalue weighted by Gasteiger charge is 2.59. The molecule has 1 fully saturated rings. The summed E-state index contributed by atoms with van der Waals surface area (Å²) in [5, 5.41) is 0. The van der Waals surface area contributed by atoms with Crippen molar-refractivity contribution in [3.05, 3.63) is 35.4 Å². The number of esters is 2. The van der Waals surface area contributed by atoms with E-state index in [1.165, 1.54) is 14.2 Å². The molecule has 118 valence electrons. The van der Waals surface area contributed by atoms with Crippen LogP contribution in [-0.4, -0.2) is 39.4 Å². The molecule has 0 aromatic heterocycles. The van der Waals surface area contributed by atoms with Crippen molar-refractivity contribution in [2.24, 2.45) is 11.8 Å². The quantitative estimate of drug-likeness (QED) is 0.760. The molecule has 1 heterocycles. The fourth-order valence-corrected chi connectivity index (χ4v) is 3.41. The number of rotatable bonds is 2. The van der Waals surface area contributed by atoms with Crippen LogP contribution in [0.1, 0.15) is 11.1 Å². The Bertz CT molecular complexity index is 590. The largest absolute Gasteiger partial charge is 0.469 e. The van der Waals surface area contributed by atoms with Gasteiger partial charge in [0.1, 0.15) is 5.92 Å². The molecule has 1 aliphatic heterocycles. The summed E-state index contributed by atoms with van der Waals surface area (Å²) in [5.74, 6) is -3.87. The van der Waals surface area contributed by atoms with Crippen LogP contribution in [0.2, 0.25) is 0 Å². The zero-order valence-corrected chi connectivity index (χ0v) is 12.5. The van der Waals surface area contributed by atoms with Crippen molar-refractivity contribution < 1.29 is 28.5 Å². The van der Waals surface area contributed by atoms with Crippen molar-refractivity contribution >= 4 is 11.9 Å². The Hall–Kier alpha value is -1.92. The highest BCUT2D eigenvalue weighted by Crippen LogP contribution is 2.49. The van der Waals surface area contributed by atoms with E-state index in [9.17, 15) is 9.59 Å². The van der Waals surface area contributed by atoms with Gasteiger partial charge in [-0.05, 0) is 12.0 Å². The van der Waals surface area contributed by atoms with Crippen LogP contribution in [0.15, 0.2) is 24.3 Å². The van der Waals surface area contributed by atoms with E-state index in [1.54, 1.807) is 0 Å². The molecule has 1 spiro atoms. The van der Waals surface area contributed by atoms with Crippen LogP contribution in [0.25, 0.3) is 0 Å². The van der Waals surface area contributed by atoms with E-state index in [1.807, 2.05) is 24.3 Å². The Morgan fingerprint density at radius 2 is 1.73 bits per heavy atom. The molecule has 6 nitrogen and oxygen atoms in total. The van der Waals surface area contributed by atoms with E-state index in [2.05, 4.69) is 0 Å². The van der Waals surface area contributed by atoms with Gasteiger partial charge in [0, 0.05) is 5.56 Å². The van der Waals surface area contributed by atoms with Gasteiger partial charge >= 0.3 is 11.9 Å². The fourth-order valence-electron chi connectivity index (χ4n) is 3.41. The van der Waals surface area contributed by atoms with Gasteiger partial charge in [0.05, 0.1) is 33.4 Å². The number of fused-ring (bicyclic) bond motifs is 2. The lowest BCUT2D eigenvalue weighted by Crippen LogP contribution is -2.52. The SMILES string of the molecule is COC(=O)C1Cc2ccccc2C2(OCCO2)C1C(=O)OC. The fraction of sp³-hybridized carbons (Fsp3) is 0.500. The summed E-state index contributed by atoms with van der Waals surface area (Å²) in [7, 11) is 2.60. The third-order valence-corrected chi connectivity index (χ3v) is 4.32. The second-order valence-corrected chi connectivity index (χ2v) is 5.36. The minimum absolute atomic E-state index is 0.357. The third kappa shape index (κ3) is 2.10. The van der Waals surface area contributed by atoms with Gasteiger partial charge in [0.25, 0.3) is 0 Å². The molecule has 1 aromatic rings. The molecule has 0 bridgehead atoms. The van der Waals surface area contributed by atoms with Gasteiger partial charge in [-0.3, -0.25) is 9.59 Å². The molecule has 0 N–H and O–H groups in total. The molecule has 2 unspecified atom stereocenters. The van der Waals surface area contributed by atoms with E-state index in [0.717, 1.165) is 11.1 Å². The molecule has 2 aliphatic rings. The Morgan fingerprint density at radius 3 is 2.36 bits per heavy atom. The lowest BCUT2D eigenvalue weighted by Gasteiger charge is -2.42. The van der Waals surface area contributed by atoms with Gasteiger partial charge < -0.3 is 18.9 Å². The van der Waals surface area contributed by atoms with Gasteiger partial charge in [0.2, 0.25) is 5.79 Å². The van der Waals surface area contributed by atoms with Crippen molar-refractivity contribution in [3.63, 3.8) is 0 Å². The number of ether oxygens (including phenoxy) is 4. The van der Waals surface area contributed by atoms with Crippen molar-refractivity contribution in [3.8, 4) is 0 Å². The van der Waals surface area contributed by atoms with E-state index in [-0.39, 0.29) is 0 Å².